The molecule has 0 spiro atoms. The molecule has 0 fully saturated rings. The number of ether oxygens (including phenoxy) is 5. The van der Waals surface area contributed by atoms with E-state index in [-0.39, 0.29) is 38.1 Å². The first kappa shape index (κ1) is 29.4. The van der Waals surface area contributed by atoms with Crippen LogP contribution in [-0.4, -0.2) is 79.3 Å². The molecule has 6 rings (SSSR count). The number of fused-ring (bicyclic) bond motifs is 3. The lowest BCUT2D eigenvalue weighted by Crippen LogP contribution is -2.49. The molecular weight excluding hydrogens is 568 g/mol. The highest BCUT2D eigenvalue weighted by Gasteiger charge is 2.33. The van der Waals surface area contributed by atoms with Gasteiger partial charge in [0.05, 0.1) is 18.2 Å². The number of amides is 3. The van der Waals surface area contributed by atoms with Crippen molar-refractivity contribution in [1.29, 1.82) is 0 Å². The van der Waals surface area contributed by atoms with Crippen molar-refractivity contribution < 1.29 is 38.4 Å². The Morgan fingerprint density at radius 2 is 1.55 bits per heavy atom. The summed E-state index contributed by atoms with van der Waals surface area (Å²) in [4.78, 5) is 30.5. The summed E-state index contributed by atoms with van der Waals surface area (Å²) in [5.74, 6) is 2.75. The van der Waals surface area contributed by atoms with Gasteiger partial charge in [0, 0.05) is 43.0 Å². The molecule has 3 aliphatic heterocycles. The first-order valence-corrected chi connectivity index (χ1v) is 14.5. The van der Waals surface area contributed by atoms with Crippen LogP contribution in [0.25, 0.3) is 0 Å². The van der Waals surface area contributed by atoms with Crippen LogP contribution in [-0.2, 0) is 6.54 Å². The SMILES string of the molecule is C[C@@H]1CN([C@@H](C)CO)C(=O)c2cc(NC(=O)Nc3ccc4c(c3)OCO4)ccc2O[C@H]1CN(C)Cc1ccc2c(c1)OCO2. The van der Waals surface area contributed by atoms with Gasteiger partial charge >= 0.3 is 6.03 Å². The number of anilines is 2. The number of carbonyl (C=O) groups excluding carboxylic acids is 2. The Labute approximate surface area is 255 Å². The molecule has 3 aliphatic rings. The minimum absolute atomic E-state index is 0.0365. The number of benzene rings is 3. The van der Waals surface area contributed by atoms with Crippen molar-refractivity contribution >= 4 is 23.3 Å². The zero-order valence-electron chi connectivity index (χ0n) is 24.9. The second-order valence-electron chi connectivity index (χ2n) is 11.4. The predicted molar refractivity (Wildman–Crippen MR) is 162 cm³/mol. The molecular formula is C32H36N4O8. The average Bonchev–Trinajstić information content (AvgIpc) is 3.68. The maximum absolute atomic E-state index is 13.8. The Balaban J connectivity index is 1.19. The summed E-state index contributed by atoms with van der Waals surface area (Å²) in [5, 5.41) is 15.5. The van der Waals surface area contributed by atoms with Crippen LogP contribution >= 0.6 is 0 Å². The molecule has 3 N–H and O–H groups in total. The normalized spacial score (nSPS) is 19.1. The molecule has 12 heteroatoms. The fourth-order valence-electron chi connectivity index (χ4n) is 5.51. The van der Waals surface area contributed by atoms with E-state index in [1.807, 2.05) is 39.1 Å². The van der Waals surface area contributed by atoms with E-state index >= 15 is 0 Å². The van der Waals surface area contributed by atoms with Gasteiger partial charge in [-0.1, -0.05) is 13.0 Å². The fourth-order valence-corrected chi connectivity index (χ4v) is 5.51. The van der Waals surface area contributed by atoms with Gasteiger partial charge in [0.25, 0.3) is 5.91 Å². The van der Waals surface area contributed by atoms with Gasteiger partial charge in [0.15, 0.2) is 23.0 Å². The lowest BCUT2D eigenvalue weighted by molar-refractivity contribution is 0.0341. The Bertz CT molecular complexity index is 1550. The third-order valence-electron chi connectivity index (χ3n) is 7.93. The van der Waals surface area contributed by atoms with Gasteiger partial charge in [-0.2, -0.15) is 0 Å². The zero-order chi connectivity index (χ0) is 30.8. The van der Waals surface area contributed by atoms with E-state index in [9.17, 15) is 14.7 Å². The number of aliphatic hydroxyl groups is 1. The molecule has 0 radical (unpaired) electrons. The van der Waals surface area contributed by atoms with Crippen LogP contribution in [0.5, 0.6) is 28.7 Å². The lowest BCUT2D eigenvalue weighted by atomic mass is 9.99. The quantitative estimate of drug-likeness (QED) is 0.347. The van der Waals surface area contributed by atoms with Gasteiger partial charge in [-0.05, 0) is 62.0 Å². The number of likely N-dealkylation sites (N-methyl/N-ethyl adjacent to an activating group) is 1. The summed E-state index contributed by atoms with van der Waals surface area (Å²) < 4.78 is 28.2. The van der Waals surface area contributed by atoms with E-state index < -0.39 is 12.1 Å². The number of hydrogen-bond donors (Lipinski definition) is 3. The Hall–Kier alpha value is -4.68. The van der Waals surface area contributed by atoms with E-state index in [2.05, 4.69) is 15.5 Å². The van der Waals surface area contributed by atoms with E-state index in [0.29, 0.717) is 53.8 Å². The second kappa shape index (κ2) is 12.5. The highest BCUT2D eigenvalue weighted by molar-refractivity contribution is 6.02. The number of rotatable bonds is 8. The summed E-state index contributed by atoms with van der Waals surface area (Å²) in [6.45, 7) is 5.68. The van der Waals surface area contributed by atoms with E-state index in [4.69, 9.17) is 23.7 Å². The summed E-state index contributed by atoms with van der Waals surface area (Å²) in [7, 11) is 2.02. The molecule has 3 aromatic carbocycles. The van der Waals surface area contributed by atoms with Crippen molar-refractivity contribution in [2.75, 3.05) is 51.0 Å². The van der Waals surface area contributed by atoms with Crippen molar-refractivity contribution in [3.63, 3.8) is 0 Å². The van der Waals surface area contributed by atoms with Crippen LogP contribution in [0.4, 0.5) is 16.2 Å². The molecule has 0 saturated heterocycles. The highest BCUT2D eigenvalue weighted by atomic mass is 16.7. The van der Waals surface area contributed by atoms with Gasteiger partial charge in [-0.3, -0.25) is 9.69 Å². The Morgan fingerprint density at radius 3 is 2.25 bits per heavy atom. The second-order valence-corrected chi connectivity index (χ2v) is 11.4. The maximum Gasteiger partial charge on any atom is 0.323 e. The van der Waals surface area contributed by atoms with Gasteiger partial charge in [0.2, 0.25) is 13.6 Å². The number of aliphatic hydroxyl groups excluding tert-OH is 1. The first-order valence-electron chi connectivity index (χ1n) is 14.5. The van der Waals surface area contributed by atoms with E-state index in [1.165, 1.54) is 0 Å². The van der Waals surface area contributed by atoms with Crippen molar-refractivity contribution in [3.8, 4) is 28.7 Å². The average molecular weight is 605 g/mol. The molecule has 0 aliphatic carbocycles. The Kier molecular flexibility index (Phi) is 8.36. The summed E-state index contributed by atoms with van der Waals surface area (Å²) in [6.07, 6.45) is -0.262. The number of urea groups is 1. The topological polar surface area (TPSA) is 131 Å². The van der Waals surface area contributed by atoms with Crippen LogP contribution < -0.4 is 34.3 Å². The van der Waals surface area contributed by atoms with Crippen molar-refractivity contribution in [2.24, 2.45) is 5.92 Å². The van der Waals surface area contributed by atoms with Crippen molar-refractivity contribution in [3.05, 3.63) is 65.7 Å². The zero-order valence-corrected chi connectivity index (χ0v) is 24.9. The molecule has 3 aromatic rings. The molecule has 3 atom stereocenters. The largest absolute Gasteiger partial charge is 0.488 e. The van der Waals surface area contributed by atoms with Crippen LogP contribution in [0.3, 0.4) is 0 Å². The number of carbonyl (C=O) groups is 2. The summed E-state index contributed by atoms with van der Waals surface area (Å²) in [5.41, 5.74) is 2.33. The van der Waals surface area contributed by atoms with Crippen LogP contribution in [0.2, 0.25) is 0 Å². The third-order valence-corrected chi connectivity index (χ3v) is 7.93. The lowest BCUT2D eigenvalue weighted by Gasteiger charge is -2.38. The van der Waals surface area contributed by atoms with Gasteiger partial charge in [-0.15, -0.1) is 0 Å². The standard InChI is InChI=1S/C32H36N4O8/c1-19-13-36(20(2)16-37)31(38)24-11-22(33-32(39)34-23-6-9-27-29(12-23)43-18-41-27)5-8-25(24)44-30(19)15-35(3)14-21-4-7-26-28(10-21)42-17-40-26/h4-12,19-20,30,37H,13-18H2,1-3H3,(H2,33,34,39)/t19-,20+,30+/m1/s1. The molecule has 44 heavy (non-hydrogen) atoms. The summed E-state index contributed by atoms with van der Waals surface area (Å²) in [6, 6.07) is 15.1. The van der Waals surface area contributed by atoms with Crippen molar-refractivity contribution in [1.82, 2.24) is 9.80 Å². The van der Waals surface area contributed by atoms with Crippen molar-refractivity contribution in [2.45, 2.75) is 32.5 Å². The molecule has 0 unspecified atom stereocenters. The predicted octanol–water partition coefficient (Wildman–Crippen LogP) is 4.14. The van der Waals surface area contributed by atoms with Crippen LogP contribution in [0, 0.1) is 5.92 Å². The highest BCUT2D eigenvalue weighted by Crippen LogP contribution is 2.35. The molecule has 3 amide bonds. The number of nitrogens with one attached hydrogen (secondary N) is 2. The third kappa shape index (κ3) is 6.31. The monoisotopic (exact) mass is 604 g/mol. The minimum Gasteiger partial charge on any atom is -0.488 e. The molecule has 0 bridgehead atoms. The van der Waals surface area contributed by atoms with E-state index in [0.717, 1.165) is 17.1 Å². The fraction of sp³-hybridized carbons (Fsp3) is 0.375. The number of hydrogen-bond acceptors (Lipinski definition) is 9. The molecule has 12 nitrogen and oxygen atoms in total. The van der Waals surface area contributed by atoms with Gasteiger partial charge in [0.1, 0.15) is 11.9 Å². The smallest absolute Gasteiger partial charge is 0.323 e. The summed E-state index contributed by atoms with van der Waals surface area (Å²) >= 11 is 0. The molecule has 3 heterocycles. The van der Waals surface area contributed by atoms with Crippen LogP contribution in [0.1, 0.15) is 29.8 Å². The maximum atomic E-state index is 13.8. The number of nitrogens with zero attached hydrogens (tertiary/aromatic N) is 2. The Morgan fingerprint density at radius 1 is 0.932 bits per heavy atom. The van der Waals surface area contributed by atoms with Crippen LogP contribution in [0.15, 0.2) is 54.6 Å². The molecule has 0 aromatic heterocycles. The molecule has 232 valence electrons. The van der Waals surface area contributed by atoms with E-state index in [1.54, 1.807) is 41.3 Å². The van der Waals surface area contributed by atoms with Gasteiger partial charge < -0.3 is 44.3 Å². The minimum atomic E-state index is -0.486. The molecule has 0 saturated carbocycles. The first-order chi connectivity index (χ1) is 21.3. The van der Waals surface area contributed by atoms with Gasteiger partial charge in [-0.25, -0.2) is 4.79 Å².